The Kier molecular flexibility index (Phi) is 4.48. The van der Waals surface area contributed by atoms with Crippen molar-refractivity contribution in [3.8, 4) is 5.75 Å². The number of hydrogen-bond donors (Lipinski definition) is 2. The number of nitrogen functional groups attached to an aromatic ring is 1. The topological polar surface area (TPSA) is 64.3 Å². The molecule has 0 unspecified atom stereocenters. The van der Waals surface area contributed by atoms with Gasteiger partial charge in [0.1, 0.15) is 5.75 Å². The number of nitrogens with two attached hydrogens (primary N) is 1. The first kappa shape index (κ1) is 14.9. The Morgan fingerprint density at radius 2 is 2.00 bits per heavy atom. The minimum absolute atomic E-state index is 0.0836. The van der Waals surface area contributed by atoms with Gasteiger partial charge in [0.25, 0.3) is 5.91 Å². The van der Waals surface area contributed by atoms with Crippen LogP contribution in [0, 0.1) is 6.92 Å². The molecule has 0 aliphatic heterocycles. The third kappa shape index (κ3) is 3.54. The highest BCUT2D eigenvalue weighted by Gasteiger charge is 2.15. The number of benzene rings is 2. The number of rotatable bonds is 4. The zero-order valence-electron chi connectivity index (χ0n) is 12.5. The van der Waals surface area contributed by atoms with E-state index in [9.17, 15) is 4.79 Å². The van der Waals surface area contributed by atoms with E-state index in [4.69, 9.17) is 10.5 Å². The van der Waals surface area contributed by atoms with Crippen molar-refractivity contribution in [2.75, 3.05) is 12.8 Å². The van der Waals surface area contributed by atoms with E-state index in [-0.39, 0.29) is 11.9 Å². The SMILES string of the molecule is COc1cc(N)ccc1C(=O)N[C@H](C)c1cccc(C)c1. The summed E-state index contributed by atoms with van der Waals surface area (Å²) in [7, 11) is 1.52. The van der Waals surface area contributed by atoms with Crippen LogP contribution in [0.25, 0.3) is 0 Å². The molecule has 0 saturated heterocycles. The summed E-state index contributed by atoms with van der Waals surface area (Å²) in [4.78, 5) is 12.4. The Morgan fingerprint density at radius 1 is 1.24 bits per heavy atom. The van der Waals surface area contributed by atoms with Crippen LogP contribution in [-0.4, -0.2) is 13.0 Å². The van der Waals surface area contributed by atoms with Crippen molar-refractivity contribution < 1.29 is 9.53 Å². The summed E-state index contributed by atoms with van der Waals surface area (Å²) in [6.45, 7) is 3.98. The number of hydrogen-bond acceptors (Lipinski definition) is 3. The molecule has 110 valence electrons. The molecule has 0 aliphatic rings. The first-order chi connectivity index (χ1) is 10.0. The molecule has 0 bridgehead atoms. The standard InChI is InChI=1S/C17H20N2O2/c1-11-5-4-6-13(9-11)12(2)19-17(20)15-8-7-14(18)10-16(15)21-3/h4-10,12H,18H2,1-3H3,(H,19,20)/t12-/m1/s1. The van der Waals surface area contributed by atoms with E-state index < -0.39 is 0 Å². The maximum atomic E-state index is 12.4. The zero-order chi connectivity index (χ0) is 15.4. The molecule has 0 aliphatic carbocycles. The second-order valence-corrected chi connectivity index (χ2v) is 5.07. The number of methoxy groups -OCH3 is 1. The highest BCUT2D eigenvalue weighted by molar-refractivity contribution is 5.97. The second-order valence-electron chi connectivity index (χ2n) is 5.07. The summed E-state index contributed by atoms with van der Waals surface area (Å²) in [6.07, 6.45) is 0. The molecule has 4 nitrogen and oxygen atoms in total. The number of aryl methyl sites for hydroxylation is 1. The number of ether oxygens (including phenoxy) is 1. The number of anilines is 1. The lowest BCUT2D eigenvalue weighted by atomic mass is 10.1. The zero-order valence-corrected chi connectivity index (χ0v) is 12.5. The molecule has 21 heavy (non-hydrogen) atoms. The molecule has 0 heterocycles. The predicted octanol–water partition coefficient (Wildman–Crippen LogP) is 3.08. The van der Waals surface area contributed by atoms with Crippen molar-refractivity contribution in [3.63, 3.8) is 0 Å². The van der Waals surface area contributed by atoms with Crippen LogP contribution in [0.4, 0.5) is 5.69 Å². The first-order valence-electron chi connectivity index (χ1n) is 6.82. The van der Waals surface area contributed by atoms with Crippen LogP contribution in [0.1, 0.15) is 34.5 Å². The molecule has 4 heteroatoms. The summed E-state index contributed by atoms with van der Waals surface area (Å²) >= 11 is 0. The summed E-state index contributed by atoms with van der Waals surface area (Å²) in [6, 6.07) is 13.0. The lowest BCUT2D eigenvalue weighted by molar-refractivity contribution is 0.0937. The highest BCUT2D eigenvalue weighted by Crippen LogP contribution is 2.22. The van der Waals surface area contributed by atoms with Crippen molar-refractivity contribution in [1.82, 2.24) is 5.32 Å². The molecule has 2 aromatic rings. The van der Waals surface area contributed by atoms with E-state index >= 15 is 0 Å². The molecule has 0 saturated carbocycles. The van der Waals surface area contributed by atoms with Gasteiger partial charge < -0.3 is 15.8 Å². The summed E-state index contributed by atoms with van der Waals surface area (Å²) in [5.41, 5.74) is 8.98. The van der Waals surface area contributed by atoms with Crippen LogP contribution in [0.5, 0.6) is 5.75 Å². The molecule has 3 N–H and O–H groups in total. The average molecular weight is 284 g/mol. The third-order valence-corrected chi connectivity index (χ3v) is 3.36. The van der Waals surface area contributed by atoms with E-state index in [1.54, 1.807) is 18.2 Å². The third-order valence-electron chi connectivity index (χ3n) is 3.36. The normalized spacial score (nSPS) is 11.8. The second kappa shape index (κ2) is 6.31. The van der Waals surface area contributed by atoms with Gasteiger partial charge in [-0.05, 0) is 31.5 Å². The molecule has 0 radical (unpaired) electrons. The van der Waals surface area contributed by atoms with Gasteiger partial charge in [0.2, 0.25) is 0 Å². The molecule has 2 rings (SSSR count). The van der Waals surface area contributed by atoms with Gasteiger partial charge in [-0.15, -0.1) is 0 Å². The molecular formula is C17H20N2O2. The largest absolute Gasteiger partial charge is 0.496 e. The summed E-state index contributed by atoms with van der Waals surface area (Å²) in [5.74, 6) is 0.296. The minimum Gasteiger partial charge on any atom is -0.496 e. The van der Waals surface area contributed by atoms with Crippen molar-refractivity contribution in [2.24, 2.45) is 0 Å². The summed E-state index contributed by atoms with van der Waals surface area (Å²) < 4.78 is 5.21. The lowest BCUT2D eigenvalue weighted by Gasteiger charge is -2.16. The lowest BCUT2D eigenvalue weighted by Crippen LogP contribution is -2.27. The van der Waals surface area contributed by atoms with E-state index in [0.717, 1.165) is 5.56 Å². The Bertz CT molecular complexity index is 653. The number of carbonyl (C=O) groups is 1. The minimum atomic E-state index is -0.180. The predicted molar refractivity (Wildman–Crippen MR) is 84.5 cm³/mol. The van der Waals surface area contributed by atoms with Crippen LogP contribution in [0.15, 0.2) is 42.5 Å². The Morgan fingerprint density at radius 3 is 2.67 bits per heavy atom. The Hall–Kier alpha value is -2.49. The molecular weight excluding hydrogens is 264 g/mol. The molecule has 1 amide bonds. The number of nitrogens with one attached hydrogen (secondary N) is 1. The van der Waals surface area contributed by atoms with Crippen LogP contribution in [-0.2, 0) is 0 Å². The van der Waals surface area contributed by atoms with Gasteiger partial charge >= 0.3 is 0 Å². The monoisotopic (exact) mass is 284 g/mol. The van der Waals surface area contributed by atoms with Crippen molar-refractivity contribution in [1.29, 1.82) is 0 Å². The van der Waals surface area contributed by atoms with Gasteiger partial charge in [-0.1, -0.05) is 29.8 Å². The maximum absolute atomic E-state index is 12.4. The van der Waals surface area contributed by atoms with Crippen LogP contribution in [0.2, 0.25) is 0 Å². The molecule has 1 atom stereocenters. The van der Waals surface area contributed by atoms with Gasteiger partial charge in [0.15, 0.2) is 0 Å². The Balaban J connectivity index is 2.18. The quantitative estimate of drug-likeness (QED) is 0.848. The van der Waals surface area contributed by atoms with Gasteiger partial charge in [-0.2, -0.15) is 0 Å². The van der Waals surface area contributed by atoms with E-state index in [1.165, 1.54) is 12.7 Å². The van der Waals surface area contributed by atoms with E-state index in [2.05, 4.69) is 11.4 Å². The molecule has 0 spiro atoms. The number of carbonyl (C=O) groups excluding carboxylic acids is 1. The fourth-order valence-corrected chi connectivity index (χ4v) is 2.19. The van der Waals surface area contributed by atoms with Crippen molar-refractivity contribution in [3.05, 3.63) is 59.2 Å². The van der Waals surface area contributed by atoms with Gasteiger partial charge in [-0.25, -0.2) is 0 Å². The maximum Gasteiger partial charge on any atom is 0.255 e. The van der Waals surface area contributed by atoms with E-state index in [0.29, 0.717) is 17.0 Å². The highest BCUT2D eigenvalue weighted by atomic mass is 16.5. The van der Waals surface area contributed by atoms with E-state index in [1.807, 2.05) is 32.0 Å². The van der Waals surface area contributed by atoms with Crippen molar-refractivity contribution >= 4 is 11.6 Å². The fraction of sp³-hybridized carbons (Fsp3) is 0.235. The first-order valence-corrected chi connectivity index (χ1v) is 6.82. The molecule has 0 fully saturated rings. The summed E-state index contributed by atoms with van der Waals surface area (Å²) in [5, 5.41) is 2.97. The fourth-order valence-electron chi connectivity index (χ4n) is 2.19. The van der Waals surface area contributed by atoms with Crippen LogP contribution in [0.3, 0.4) is 0 Å². The Labute approximate surface area is 124 Å². The number of amides is 1. The van der Waals surface area contributed by atoms with Gasteiger partial charge in [0.05, 0.1) is 18.7 Å². The van der Waals surface area contributed by atoms with Gasteiger partial charge in [-0.3, -0.25) is 4.79 Å². The smallest absolute Gasteiger partial charge is 0.255 e. The van der Waals surface area contributed by atoms with Gasteiger partial charge in [0, 0.05) is 11.8 Å². The average Bonchev–Trinajstić information content (AvgIpc) is 2.46. The van der Waals surface area contributed by atoms with Crippen LogP contribution < -0.4 is 15.8 Å². The molecule has 0 aromatic heterocycles. The van der Waals surface area contributed by atoms with Crippen molar-refractivity contribution in [2.45, 2.75) is 19.9 Å². The molecule has 2 aromatic carbocycles. The van der Waals surface area contributed by atoms with Crippen LogP contribution >= 0.6 is 0 Å².